The second-order valence-corrected chi connectivity index (χ2v) is 3.32. The van der Waals surface area contributed by atoms with Crippen molar-refractivity contribution in [3.8, 4) is 0 Å². The van der Waals surface area contributed by atoms with Crippen LogP contribution in [0, 0.1) is 0 Å². The predicted octanol–water partition coefficient (Wildman–Crippen LogP) is 0.876. The van der Waals surface area contributed by atoms with Gasteiger partial charge in [-0.25, -0.2) is 4.98 Å². The zero-order chi connectivity index (χ0) is 9.80. The van der Waals surface area contributed by atoms with Crippen LogP contribution in [0.3, 0.4) is 0 Å². The highest BCUT2D eigenvalue weighted by molar-refractivity contribution is 5.36. The fraction of sp³-hybridized carbons (Fsp3) is 0.600. The molecule has 1 aromatic rings. The molecule has 0 saturated carbocycles. The van der Waals surface area contributed by atoms with E-state index in [1.54, 1.807) is 0 Å². The summed E-state index contributed by atoms with van der Waals surface area (Å²) >= 11 is 0. The molecule has 1 aromatic heterocycles. The van der Waals surface area contributed by atoms with Crippen molar-refractivity contribution in [1.29, 1.82) is 0 Å². The van der Waals surface area contributed by atoms with E-state index in [1.807, 2.05) is 12.4 Å². The second kappa shape index (κ2) is 4.37. The minimum Gasteiger partial charge on any atom is -0.378 e. The molecular formula is C10H15N3O. The molecule has 4 nitrogen and oxygen atoms in total. The number of rotatable bonds is 2. The van der Waals surface area contributed by atoms with Crippen molar-refractivity contribution < 1.29 is 4.74 Å². The first-order valence-electron chi connectivity index (χ1n) is 5.04. The first kappa shape index (κ1) is 9.40. The van der Waals surface area contributed by atoms with E-state index in [0.29, 0.717) is 0 Å². The standard InChI is InChI=1S/C10H15N3O/c1-2-9-7-12-10(8-11-9)13-3-5-14-6-4-13/h7-8H,2-6H2,1H3. The van der Waals surface area contributed by atoms with Crippen LogP contribution >= 0.6 is 0 Å². The third-order valence-corrected chi connectivity index (χ3v) is 2.39. The maximum atomic E-state index is 5.28. The fourth-order valence-corrected chi connectivity index (χ4v) is 1.49. The van der Waals surface area contributed by atoms with Gasteiger partial charge in [-0.05, 0) is 6.42 Å². The molecule has 1 aliphatic heterocycles. The van der Waals surface area contributed by atoms with Crippen molar-refractivity contribution >= 4 is 5.82 Å². The summed E-state index contributed by atoms with van der Waals surface area (Å²) < 4.78 is 5.28. The first-order chi connectivity index (χ1) is 6.90. The molecule has 1 aliphatic rings. The summed E-state index contributed by atoms with van der Waals surface area (Å²) in [7, 11) is 0. The molecule has 0 aromatic carbocycles. The molecule has 1 saturated heterocycles. The van der Waals surface area contributed by atoms with E-state index in [2.05, 4.69) is 21.8 Å². The van der Waals surface area contributed by atoms with Crippen LogP contribution in [0.25, 0.3) is 0 Å². The summed E-state index contributed by atoms with van der Waals surface area (Å²) in [5.74, 6) is 0.963. The predicted molar refractivity (Wildman–Crippen MR) is 54.4 cm³/mol. The van der Waals surface area contributed by atoms with Gasteiger partial charge in [-0.3, -0.25) is 4.98 Å². The molecule has 0 radical (unpaired) electrons. The SMILES string of the molecule is CCc1cnc(N2CCOCC2)cn1. The van der Waals surface area contributed by atoms with Crippen LogP contribution in [0.4, 0.5) is 5.82 Å². The largest absolute Gasteiger partial charge is 0.378 e. The van der Waals surface area contributed by atoms with E-state index in [4.69, 9.17) is 4.74 Å². The van der Waals surface area contributed by atoms with E-state index < -0.39 is 0 Å². The van der Waals surface area contributed by atoms with Gasteiger partial charge < -0.3 is 9.64 Å². The number of aromatic nitrogens is 2. The van der Waals surface area contributed by atoms with Gasteiger partial charge in [-0.2, -0.15) is 0 Å². The number of anilines is 1. The average molecular weight is 193 g/mol. The number of morpholine rings is 1. The van der Waals surface area contributed by atoms with E-state index >= 15 is 0 Å². The third kappa shape index (κ3) is 2.01. The topological polar surface area (TPSA) is 38.2 Å². The quantitative estimate of drug-likeness (QED) is 0.698. The van der Waals surface area contributed by atoms with E-state index in [-0.39, 0.29) is 0 Å². The Morgan fingerprint density at radius 3 is 2.64 bits per heavy atom. The van der Waals surface area contributed by atoms with Crippen molar-refractivity contribution in [3.05, 3.63) is 18.1 Å². The van der Waals surface area contributed by atoms with Crippen LogP contribution in [-0.2, 0) is 11.2 Å². The normalized spacial score (nSPS) is 17.1. The van der Waals surface area contributed by atoms with Gasteiger partial charge in [0.15, 0.2) is 0 Å². The Kier molecular flexibility index (Phi) is 2.93. The zero-order valence-corrected chi connectivity index (χ0v) is 8.44. The molecule has 14 heavy (non-hydrogen) atoms. The summed E-state index contributed by atoms with van der Waals surface area (Å²) in [6, 6.07) is 0. The Morgan fingerprint density at radius 1 is 1.29 bits per heavy atom. The van der Waals surface area contributed by atoms with Crippen LogP contribution in [0.5, 0.6) is 0 Å². The first-order valence-corrected chi connectivity index (χ1v) is 5.04. The molecule has 4 heteroatoms. The van der Waals surface area contributed by atoms with Gasteiger partial charge in [0.05, 0.1) is 31.3 Å². The van der Waals surface area contributed by atoms with Crippen LogP contribution in [0.15, 0.2) is 12.4 Å². The third-order valence-electron chi connectivity index (χ3n) is 2.39. The summed E-state index contributed by atoms with van der Waals surface area (Å²) in [5, 5.41) is 0. The highest BCUT2D eigenvalue weighted by Gasteiger charge is 2.11. The van der Waals surface area contributed by atoms with Crippen molar-refractivity contribution in [1.82, 2.24) is 9.97 Å². The van der Waals surface area contributed by atoms with Crippen LogP contribution in [-0.4, -0.2) is 36.3 Å². The molecule has 0 amide bonds. The van der Waals surface area contributed by atoms with Gasteiger partial charge >= 0.3 is 0 Å². The maximum Gasteiger partial charge on any atom is 0.147 e. The summed E-state index contributed by atoms with van der Waals surface area (Å²) in [6.07, 6.45) is 4.64. The molecule has 2 rings (SSSR count). The van der Waals surface area contributed by atoms with Gasteiger partial charge in [0, 0.05) is 13.1 Å². The lowest BCUT2D eigenvalue weighted by Crippen LogP contribution is -2.36. The van der Waals surface area contributed by atoms with Gasteiger partial charge in [-0.1, -0.05) is 6.92 Å². The summed E-state index contributed by atoms with van der Waals surface area (Å²) in [4.78, 5) is 10.9. The molecule has 0 N–H and O–H groups in total. The number of hydrogen-bond donors (Lipinski definition) is 0. The minimum atomic E-state index is 0.789. The van der Waals surface area contributed by atoms with Gasteiger partial charge in [-0.15, -0.1) is 0 Å². The lowest BCUT2D eigenvalue weighted by molar-refractivity contribution is 0.122. The maximum absolute atomic E-state index is 5.28. The van der Waals surface area contributed by atoms with Crippen LogP contribution in [0.1, 0.15) is 12.6 Å². The van der Waals surface area contributed by atoms with Crippen molar-refractivity contribution in [3.63, 3.8) is 0 Å². The highest BCUT2D eigenvalue weighted by atomic mass is 16.5. The fourth-order valence-electron chi connectivity index (χ4n) is 1.49. The lowest BCUT2D eigenvalue weighted by Gasteiger charge is -2.27. The number of nitrogens with zero attached hydrogens (tertiary/aromatic N) is 3. The molecule has 76 valence electrons. The van der Waals surface area contributed by atoms with Crippen molar-refractivity contribution in [2.75, 3.05) is 31.2 Å². The molecule has 0 spiro atoms. The smallest absolute Gasteiger partial charge is 0.147 e. The van der Waals surface area contributed by atoms with E-state index in [9.17, 15) is 0 Å². The monoisotopic (exact) mass is 193 g/mol. The Labute approximate surface area is 83.9 Å². The van der Waals surface area contributed by atoms with E-state index in [0.717, 1.165) is 44.2 Å². The van der Waals surface area contributed by atoms with E-state index in [1.165, 1.54) is 0 Å². The van der Waals surface area contributed by atoms with Crippen LogP contribution in [0.2, 0.25) is 0 Å². The molecule has 0 aliphatic carbocycles. The van der Waals surface area contributed by atoms with Gasteiger partial charge in [0.25, 0.3) is 0 Å². The minimum absolute atomic E-state index is 0.789. The van der Waals surface area contributed by atoms with Gasteiger partial charge in [0.1, 0.15) is 5.82 Å². The number of hydrogen-bond acceptors (Lipinski definition) is 4. The molecule has 0 atom stereocenters. The Morgan fingerprint density at radius 2 is 2.07 bits per heavy atom. The van der Waals surface area contributed by atoms with Crippen LogP contribution < -0.4 is 4.90 Å². The second-order valence-electron chi connectivity index (χ2n) is 3.32. The Balaban J connectivity index is 2.07. The van der Waals surface area contributed by atoms with Crippen molar-refractivity contribution in [2.45, 2.75) is 13.3 Å². The highest BCUT2D eigenvalue weighted by Crippen LogP contribution is 2.10. The number of ether oxygens (including phenoxy) is 1. The average Bonchev–Trinajstić information content (AvgIpc) is 2.30. The molecule has 0 bridgehead atoms. The Bertz CT molecular complexity index is 280. The summed E-state index contributed by atoms with van der Waals surface area (Å²) in [5.41, 5.74) is 1.04. The molecule has 2 heterocycles. The molecule has 1 fully saturated rings. The Hall–Kier alpha value is -1.16. The lowest BCUT2D eigenvalue weighted by atomic mass is 10.3. The molecule has 0 unspecified atom stereocenters. The van der Waals surface area contributed by atoms with Crippen molar-refractivity contribution in [2.24, 2.45) is 0 Å². The van der Waals surface area contributed by atoms with Gasteiger partial charge in [0.2, 0.25) is 0 Å². The zero-order valence-electron chi connectivity index (χ0n) is 8.44. The summed E-state index contributed by atoms with van der Waals surface area (Å²) in [6.45, 7) is 5.49. The number of aryl methyl sites for hydroxylation is 1. The molecular weight excluding hydrogens is 178 g/mol.